The van der Waals surface area contributed by atoms with E-state index in [1.807, 2.05) is 0 Å². The van der Waals surface area contributed by atoms with Crippen molar-refractivity contribution in [3.8, 4) is 0 Å². The minimum atomic E-state index is -3.06. The van der Waals surface area contributed by atoms with E-state index >= 15 is 0 Å². The Bertz CT molecular complexity index is 498. The Kier molecular flexibility index (Phi) is 4.28. The van der Waals surface area contributed by atoms with Gasteiger partial charge in [0.25, 0.3) is 0 Å². The van der Waals surface area contributed by atoms with Gasteiger partial charge in [0.1, 0.15) is 5.82 Å². The third kappa shape index (κ3) is 3.23. The van der Waals surface area contributed by atoms with E-state index in [2.05, 4.69) is 0 Å². The Hall–Kier alpha value is -0.610. The summed E-state index contributed by atoms with van der Waals surface area (Å²) < 4.78 is 36.6. The summed E-state index contributed by atoms with van der Waals surface area (Å²) in [5.41, 5.74) is 0.872. The van der Waals surface area contributed by atoms with Crippen LogP contribution in [0.3, 0.4) is 0 Å². The predicted octanol–water partition coefficient (Wildman–Crippen LogP) is 2.94. The second kappa shape index (κ2) is 5.57. The molecule has 2 atom stereocenters. The highest BCUT2D eigenvalue weighted by atomic mass is 35.5. The van der Waals surface area contributed by atoms with Gasteiger partial charge in [0.15, 0.2) is 9.84 Å². The first kappa shape index (κ1) is 13.8. The largest absolute Gasteiger partial charge is 0.228 e. The van der Waals surface area contributed by atoms with Gasteiger partial charge in [-0.2, -0.15) is 0 Å². The van der Waals surface area contributed by atoms with Crippen LogP contribution in [0.5, 0.6) is 0 Å². The number of alkyl halides is 1. The van der Waals surface area contributed by atoms with Gasteiger partial charge < -0.3 is 0 Å². The van der Waals surface area contributed by atoms with Gasteiger partial charge in [-0.25, -0.2) is 12.8 Å². The zero-order chi connectivity index (χ0) is 13.2. The molecule has 5 heteroatoms. The van der Waals surface area contributed by atoms with Crippen molar-refractivity contribution in [1.29, 1.82) is 0 Å². The van der Waals surface area contributed by atoms with Crippen LogP contribution in [0.15, 0.2) is 24.3 Å². The lowest BCUT2D eigenvalue weighted by molar-refractivity contribution is 0.529. The monoisotopic (exact) mass is 290 g/mol. The predicted molar refractivity (Wildman–Crippen MR) is 71.2 cm³/mol. The average molecular weight is 291 g/mol. The Morgan fingerprint density at radius 3 is 2.56 bits per heavy atom. The third-order valence-corrected chi connectivity index (χ3v) is 6.33. The molecule has 2 rings (SSSR count). The van der Waals surface area contributed by atoms with Gasteiger partial charge in [-0.05, 0) is 37.0 Å². The Morgan fingerprint density at radius 1 is 1.28 bits per heavy atom. The fourth-order valence-corrected chi connectivity index (χ4v) is 5.12. The van der Waals surface area contributed by atoms with E-state index < -0.39 is 20.5 Å². The zero-order valence-corrected chi connectivity index (χ0v) is 11.6. The Balaban J connectivity index is 2.07. The van der Waals surface area contributed by atoms with Gasteiger partial charge in [-0.3, -0.25) is 0 Å². The molecule has 0 radical (unpaired) electrons. The molecule has 1 aliphatic rings. The van der Waals surface area contributed by atoms with Crippen molar-refractivity contribution in [3.05, 3.63) is 35.6 Å². The quantitative estimate of drug-likeness (QED) is 0.802. The van der Waals surface area contributed by atoms with Gasteiger partial charge in [-0.15, -0.1) is 11.6 Å². The summed E-state index contributed by atoms with van der Waals surface area (Å²) >= 11 is 6.25. The molecule has 1 fully saturated rings. The van der Waals surface area contributed by atoms with Crippen LogP contribution >= 0.6 is 11.6 Å². The molecule has 1 aliphatic heterocycles. The van der Waals surface area contributed by atoms with Crippen LogP contribution in [0.1, 0.15) is 24.8 Å². The third-order valence-electron chi connectivity index (χ3n) is 3.38. The lowest BCUT2D eigenvalue weighted by Gasteiger charge is -2.26. The van der Waals surface area contributed by atoms with Crippen molar-refractivity contribution < 1.29 is 12.8 Å². The van der Waals surface area contributed by atoms with Crippen molar-refractivity contribution >= 4 is 21.4 Å². The van der Waals surface area contributed by atoms with E-state index in [0.29, 0.717) is 12.8 Å². The van der Waals surface area contributed by atoms with Gasteiger partial charge in [0, 0.05) is 0 Å². The van der Waals surface area contributed by atoms with Crippen LogP contribution < -0.4 is 0 Å². The van der Waals surface area contributed by atoms with E-state index in [-0.39, 0.29) is 11.6 Å². The van der Waals surface area contributed by atoms with E-state index in [4.69, 9.17) is 11.6 Å². The molecular weight excluding hydrogens is 275 g/mol. The highest BCUT2D eigenvalue weighted by molar-refractivity contribution is 7.92. The standard InChI is InChI=1S/C13H16ClFO2S/c14-12(9-10-4-6-11(15)7-5-10)13-3-1-2-8-18(13,16)17/h4-7,12-13H,1-3,8-9H2. The normalized spacial score (nSPS) is 24.7. The molecule has 0 bridgehead atoms. The average Bonchev–Trinajstić information content (AvgIpc) is 2.31. The molecule has 2 nitrogen and oxygen atoms in total. The Labute approximate surface area is 112 Å². The van der Waals surface area contributed by atoms with Gasteiger partial charge in [-0.1, -0.05) is 18.6 Å². The lowest BCUT2D eigenvalue weighted by Crippen LogP contribution is -2.36. The second-order valence-electron chi connectivity index (χ2n) is 4.75. The van der Waals surface area contributed by atoms with Crippen LogP contribution in [-0.2, 0) is 16.3 Å². The van der Waals surface area contributed by atoms with E-state index in [0.717, 1.165) is 18.4 Å². The molecule has 0 saturated carbocycles. The molecule has 0 amide bonds. The number of rotatable bonds is 3. The number of sulfone groups is 1. The molecule has 18 heavy (non-hydrogen) atoms. The summed E-state index contributed by atoms with van der Waals surface area (Å²) in [6, 6.07) is 6.04. The van der Waals surface area contributed by atoms with Crippen molar-refractivity contribution in [2.45, 2.75) is 36.3 Å². The maximum Gasteiger partial charge on any atom is 0.154 e. The first-order valence-electron chi connectivity index (χ1n) is 6.09. The molecule has 1 saturated heterocycles. The van der Waals surface area contributed by atoms with Crippen LogP contribution in [-0.4, -0.2) is 24.8 Å². The molecule has 0 N–H and O–H groups in total. The van der Waals surface area contributed by atoms with Crippen molar-refractivity contribution in [2.75, 3.05) is 5.75 Å². The molecule has 1 aromatic rings. The minimum Gasteiger partial charge on any atom is -0.228 e. The van der Waals surface area contributed by atoms with Crippen molar-refractivity contribution in [3.63, 3.8) is 0 Å². The van der Waals surface area contributed by atoms with Gasteiger partial charge >= 0.3 is 0 Å². The first-order chi connectivity index (χ1) is 8.49. The summed E-state index contributed by atoms with van der Waals surface area (Å²) in [5, 5.41) is -0.890. The molecule has 0 aromatic heterocycles. The molecular formula is C13H16ClFO2S. The van der Waals surface area contributed by atoms with Crippen LogP contribution in [0.25, 0.3) is 0 Å². The van der Waals surface area contributed by atoms with Crippen molar-refractivity contribution in [2.24, 2.45) is 0 Å². The zero-order valence-electron chi connectivity index (χ0n) is 9.98. The fourth-order valence-electron chi connectivity index (χ4n) is 2.36. The lowest BCUT2D eigenvalue weighted by atomic mass is 10.0. The van der Waals surface area contributed by atoms with Crippen LogP contribution in [0.2, 0.25) is 0 Å². The maximum atomic E-state index is 12.8. The Morgan fingerprint density at radius 2 is 1.94 bits per heavy atom. The molecule has 0 spiro atoms. The summed E-state index contributed by atoms with van der Waals surface area (Å²) in [4.78, 5) is 0. The molecule has 1 heterocycles. The first-order valence-corrected chi connectivity index (χ1v) is 8.24. The van der Waals surface area contributed by atoms with Gasteiger partial charge in [0.2, 0.25) is 0 Å². The molecule has 1 aromatic carbocycles. The minimum absolute atomic E-state index is 0.240. The fraction of sp³-hybridized carbons (Fsp3) is 0.538. The van der Waals surface area contributed by atoms with E-state index in [9.17, 15) is 12.8 Å². The summed E-state index contributed by atoms with van der Waals surface area (Å²) in [7, 11) is -3.06. The molecule has 0 aliphatic carbocycles. The number of hydrogen-bond acceptors (Lipinski definition) is 2. The van der Waals surface area contributed by atoms with Crippen LogP contribution in [0, 0.1) is 5.82 Å². The number of benzene rings is 1. The van der Waals surface area contributed by atoms with Gasteiger partial charge in [0.05, 0.1) is 16.4 Å². The SMILES string of the molecule is O=S1(=O)CCCCC1C(Cl)Cc1ccc(F)cc1. The number of halogens is 2. The maximum absolute atomic E-state index is 12.8. The molecule has 100 valence electrons. The summed E-state index contributed by atoms with van der Waals surface area (Å²) in [6.07, 6.45) is 2.75. The highest BCUT2D eigenvalue weighted by Gasteiger charge is 2.34. The van der Waals surface area contributed by atoms with Crippen LogP contribution in [0.4, 0.5) is 4.39 Å². The molecule has 2 unspecified atom stereocenters. The van der Waals surface area contributed by atoms with Crippen molar-refractivity contribution in [1.82, 2.24) is 0 Å². The summed E-state index contributed by atoms with van der Waals surface area (Å²) in [6.45, 7) is 0. The van der Waals surface area contributed by atoms with E-state index in [1.54, 1.807) is 12.1 Å². The smallest absolute Gasteiger partial charge is 0.154 e. The second-order valence-corrected chi connectivity index (χ2v) is 7.65. The summed E-state index contributed by atoms with van der Waals surface area (Å²) in [5.74, 6) is -0.0558. The van der Waals surface area contributed by atoms with E-state index in [1.165, 1.54) is 12.1 Å². The number of hydrogen-bond donors (Lipinski definition) is 0. The topological polar surface area (TPSA) is 34.1 Å². The highest BCUT2D eigenvalue weighted by Crippen LogP contribution is 2.27.